The van der Waals surface area contributed by atoms with E-state index in [0.29, 0.717) is 5.92 Å². The topological polar surface area (TPSA) is 38.1 Å². The third-order valence-corrected chi connectivity index (χ3v) is 2.56. The van der Waals surface area contributed by atoms with Gasteiger partial charge in [-0.05, 0) is 32.7 Å². The summed E-state index contributed by atoms with van der Waals surface area (Å²) in [4.78, 5) is 4.21. The van der Waals surface area contributed by atoms with E-state index in [0.717, 1.165) is 18.2 Å². The Bertz CT molecular complexity index is 283. The number of hydrogen-bond acceptors (Lipinski definition) is 3. The average molecular weight is 210 g/mol. The molecule has 3 nitrogen and oxygen atoms in total. The van der Waals surface area contributed by atoms with Crippen molar-refractivity contribution in [1.29, 1.82) is 0 Å². The summed E-state index contributed by atoms with van der Waals surface area (Å²) in [6.45, 7) is 9.52. The van der Waals surface area contributed by atoms with Gasteiger partial charge in [0.1, 0.15) is 5.76 Å². The second kappa shape index (κ2) is 5.91. The molecule has 1 heterocycles. The van der Waals surface area contributed by atoms with Crippen molar-refractivity contribution in [3.63, 3.8) is 0 Å². The molecular formula is C12H22N2O. The second-order valence-electron chi connectivity index (χ2n) is 4.33. The van der Waals surface area contributed by atoms with Crippen LogP contribution >= 0.6 is 0 Å². The van der Waals surface area contributed by atoms with Crippen LogP contribution in [0.15, 0.2) is 10.6 Å². The SMILES string of the molecule is CCCC(C)CNC(C)c1ncc(C)o1. The van der Waals surface area contributed by atoms with Crippen molar-refractivity contribution in [2.45, 2.75) is 46.6 Å². The fourth-order valence-corrected chi connectivity index (χ4v) is 1.63. The van der Waals surface area contributed by atoms with Crippen molar-refractivity contribution >= 4 is 0 Å². The molecule has 2 unspecified atom stereocenters. The molecule has 0 bridgehead atoms. The molecule has 15 heavy (non-hydrogen) atoms. The van der Waals surface area contributed by atoms with Gasteiger partial charge in [0.15, 0.2) is 0 Å². The third kappa shape index (κ3) is 4.04. The largest absolute Gasteiger partial charge is 0.444 e. The van der Waals surface area contributed by atoms with E-state index < -0.39 is 0 Å². The number of nitrogens with one attached hydrogen (secondary N) is 1. The zero-order valence-electron chi connectivity index (χ0n) is 10.2. The number of oxazole rings is 1. The number of nitrogens with zero attached hydrogens (tertiary/aromatic N) is 1. The van der Waals surface area contributed by atoms with Gasteiger partial charge in [-0.2, -0.15) is 0 Å². The van der Waals surface area contributed by atoms with Crippen LogP contribution in [0.1, 0.15) is 51.3 Å². The Labute approximate surface area is 92.3 Å². The lowest BCUT2D eigenvalue weighted by atomic mass is 10.1. The molecule has 2 atom stereocenters. The quantitative estimate of drug-likeness (QED) is 0.784. The minimum absolute atomic E-state index is 0.206. The molecular weight excluding hydrogens is 188 g/mol. The first-order valence-corrected chi connectivity index (χ1v) is 5.79. The molecule has 1 aromatic heterocycles. The minimum atomic E-state index is 0.206. The van der Waals surface area contributed by atoms with Crippen molar-refractivity contribution in [2.24, 2.45) is 5.92 Å². The van der Waals surface area contributed by atoms with Crippen molar-refractivity contribution < 1.29 is 4.42 Å². The molecule has 0 aliphatic carbocycles. The van der Waals surface area contributed by atoms with Crippen LogP contribution in [0.3, 0.4) is 0 Å². The van der Waals surface area contributed by atoms with Crippen LogP contribution in [0.5, 0.6) is 0 Å². The van der Waals surface area contributed by atoms with Gasteiger partial charge in [0.2, 0.25) is 5.89 Å². The van der Waals surface area contributed by atoms with Gasteiger partial charge in [-0.3, -0.25) is 0 Å². The van der Waals surface area contributed by atoms with Crippen LogP contribution in [-0.4, -0.2) is 11.5 Å². The van der Waals surface area contributed by atoms with Gasteiger partial charge < -0.3 is 9.73 Å². The minimum Gasteiger partial charge on any atom is -0.444 e. The molecule has 0 fully saturated rings. The third-order valence-electron chi connectivity index (χ3n) is 2.56. The highest BCUT2D eigenvalue weighted by Gasteiger charge is 2.11. The first-order valence-electron chi connectivity index (χ1n) is 5.79. The molecule has 1 aromatic rings. The van der Waals surface area contributed by atoms with Gasteiger partial charge in [0.05, 0.1) is 12.2 Å². The molecule has 0 aromatic carbocycles. The fraction of sp³-hybridized carbons (Fsp3) is 0.750. The lowest BCUT2D eigenvalue weighted by Crippen LogP contribution is -2.24. The summed E-state index contributed by atoms with van der Waals surface area (Å²) in [5, 5.41) is 3.44. The van der Waals surface area contributed by atoms with Crippen molar-refractivity contribution in [3.8, 4) is 0 Å². The summed E-state index contributed by atoms with van der Waals surface area (Å²) in [5.41, 5.74) is 0. The first kappa shape index (κ1) is 12.2. The van der Waals surface area contributed by atoms with E-state index in [1.54, 1.807) is 6.20 Å². The molecule has 0 spiro atoms. The van der Waals surface area contributed by atoms with Crippen molar-refractivity contribution in [2.75, 3.05) is 6.54 Å². The molecule has 1 rings (SSSR count). The molecule has 0 radical (unpaired) electrons. The number of rotatable bonds is 6. The number of aromatic nitrogens is 1. The van der Waals surface area contributed by atoms with Gasteiger partial charge in [-0.15, -0.1) is 0 Å². The Balaban J connectivity index is 2.33. The predicted molar refractivity (Wildman–Crippen MR) is 61.7 cm³/mol. The van der Waals surface area contributed by atoms with E-state index in [9.17, 15) is 0 Å². The van der Waals surface area contributed by atoms with E-state index in [1.165, 1.54) is 12.8 Å². The molecule has 86 valence electrons. The van der Waals surface area contributed by atoms with E-state index in [2.05, 4.69) is 31.1 Å². The summed E-state index contributed by atoms with van der Waals surface area (Å²) in [6, 6.07) is 0.206. The molecule has 0 aliphatic rings. The van der Waals surface area contributed by atoms with E-state index >= 15 is 0 Å². The Morgan fingerprint density at radius 2 is 2.20 bits per heavy atom. The lowest BCUT2D eigenvalue weighted by Gasteiger charge is -2.14. The molecule has 0 saturated carbocycles. The standard InChI is InChI=1S/C12H22N2O/c1-5-6-9(2)7-13-11(4)12-14-8-10(3)15-12/h8-9,11,13H,5-7H2,1-4H3. The molecule has 0 aliphatic heterocycles. The van der Waals surface area contributed by atoms with Crippen LogP contribution in [0.2, 0.25) is 0 Å². The van der Waals surface area contributed by atoms with Crippen molar-refractivity contribution in [1.82, 2.24) is 10.3 Å². The Morgan fingerprint density at radius 1 is 1.47 bits per heavy atom. The number of aryl methyl sites for hydroxylation is 1. The maximum Gasteiger partial charge on any atom is 0.211 e. The Hall–Kier alpha value is -0.830. The van der Waals surface area contributed by atoms with E-state index in [-0.39, 0.29) is 6.04 Å². The lowest BCUT2D eigenvalue weighted by molar-refractivity contribution is 0.376. The zero-order chi connectivity index (χ0) is 11.3. The molecule has 0 amide bonds. The van der Waals surface area contributed by atoms with Gasteiger partial charge in [0, 0.05) is 0 Å². The zero-order valence-corrected chi connectivity index (χ0v) is 10.2. The van der Waals surface area contributed by atoms with E-state index in [4.69, 9.17) is 4.42 Å². The highest BCUT2D eigenvalue weighted by molar-refractivity contribution is 4.94. The Kier molecular flexibility index (Phi) is 4.82. The molecule has 1 N–H and O–H groups in total. The molecule has 3 heteroatoms. The van der Waals surface area contributed by atoms with Crippen LogP contribution in [0.4, 0.5) is 0 Å². The van der Waals surface area contributed by atoms with Crippen LogP contribution in [0, 0.1) is 12.8 Å². The predicted octanol–water partition coefficient (Wildman–Crippen LogP) is 3.07. The second-order valence-corrected chi connectivity index (χ2v) is 4.33. The number of hydrogen-bond donors (Lipinski definition) is 1. The maximum absolute atomic E-state index is 5.46. The maximum atomic E-state index is 5.46. The van der Waals surface area contributed by atoms with Gasteiger partial charge in [-0.25, -0.2) is 4.98 Å². The monoisotopic (exact) mass is 210 g/mol. The normalized spacial score (nSPS) is 15.2. The van der Waals surface area contributed by atoms with Crippen LogP contribution < -0.4 is 5.32 Å². The summed E-state index contributed by atoms with van der Waals surface area (Å²) in [5.74, 6) is 2.38. The van der Waals surface area contributed by atoms with Gasteiger partial charge >= 0.3 is 0 Å². The summed E-state index contributed by atoms with van der Waals surface area (Å²) in [6.07, 6.45) is 4.28. The Morgan fingerprint density at radius 3 is 2.73 bits per heavy atom. The van der Waals surface area contributed by atoms with Crippen LogP contribution in [-0.2, 0) is 0 Å². The average Bonchev–Trinajstić information content (AvgIpc) is 2.62. The first-order chi connectivity index (χ1) is 7.13. The summed E-state index contributed by atoms with van der Waals surface area (Å²) >= 11 is 0. The van der Waals surface area contributed by atoms with Gasteiger partial charge in [-0.1, -0.05) is 20.3 Å². The van der Waals surface area contributed by atoms with Crippen molar-refractivity contribution in [3.05, 3.63) is 17.8 Å². The van der Waals surface area contributed by atoms with Gasteiger partial charge in [0.25, 0.3) is 0 Å². The fourth-order valence-electron chi connectivity index (χ4n) is 1.63. The highest BCUT2D eigenvalue weighted by atomic mass is 16.4. The molecule has 0 saturated heterocycles. The summed E-state index contributed by atoms with van der Waals surface area (Å²) in [7, 11) is 0. The smallest absolute Gasteiger partial charge is 0.211 e. The van der Waals surface area contributed by atoms with Crippen LogP contribution in [0.25, 0.3) is 0 Å². The summed E-state index contributed by atoms with van der Waals surface area (Å²) < 4.78 is 5.46. The van der Waals surface area contributed by atoms with E-state index in [1.807, 2.05) is 6.92 Å². The highest BCUT2D eigenvalue weighted by Crippen LogP contribution is 2.13.